The van der Waals surface area contributed by atoms with E-state index in [0.29, 0.717) is 42.1 Å². The number of amides is 1. The van der Waals surface area contributed by atoms with Gasteiger partial charge in [-0.2, -0.15) is 4.98 Å². The van der Waals surface area contributed by atoms with Gasteiger partial charge in [0.1, 0.15) is 5.71 Å². The maximum absolute atomic E-state index is 12.7. The third-order valence-electron chi connectivity index (χ3n) is 4.42. The van der Waals surface area contributed by atoms with Crippen LogP contribution in [-0.2, 0) is 16.2 Å². The largest absolute Gasteiger partial charge is 0.382 e. The first-order valence-electron chi connectivity index (χ1n) is 8.37. The lowest BCUT2D eigenvalue weighted by atomic mass is 10.1. The second-order valence-corrected chi connectivity index (χ2v) is 7.99. The normalized spacial score (nSPS) is 20.9. The van der Waals surface area contributed by atoms with Crippen LogP contribution in [0.15, 0.2) is 21.8 Å². The van der Waals surface area contributed by atoms with Crippen molar-refractivity contribution in [3.8, 4) is 0 Å². The van der Waals surface area contributed by atoms with Crippen LogP contribution in [0.2, 0.25) is 4.34 Å². The molecule has 0 N–H and O–H groups in total. The van der Waals surface area contributed by atoms with E-state index in [1.54, 1.807) is 6.92 Å². The first-order chi connectivity index (χ1) is 12.6. The summed E-state index contributed by atoms with van der Waals surface area (Å²) in [4.78, 5) is 27.3. The average molecular weight is 396 g/mol. The van der Waals surface area contributed by atoms with Crippen LogP contribution in [-0.4, -0.2) is 63.8 Å². The minimum absolute atomic E-state index is 0.0125. The molecule has 0 spiro atoms. The van der Waals surface area contributed by atoms with Crippen LogP contribution in [0.5, 0.6) is 0 Å². The number of nitrogens with zero attached hydrogens (tertiary/aromatic N) is 5. The lowest BCUT2D eigenvalue weighted by Gasteiger charge is -2.34. The van der Waals surface area contributed by atoms with E-state index in [1.165, 1.54) is 11.3 Å². The van der Waals surface area contributed by atoms with Gasteiger partial charge in [0.2, 0.25) is 12.0 Å². The van der Waals surface area contributed by atoms with Gasteiger partial charge in [-0.05, 0) is 12.1 Å². The Hall–Kier alpha value is -1.97. The summed E-state index contributed by atoms with van der Waals surface area (Å²) >= 11 is 7.40. The fraction of sp³-hybridized carbons (Fsp3) is 0.500. The molecule has 4 heterocycles. The Labute approximate surface area is 159 Å². The van der Waals surface area contributed by atoms with Crippen molar-refractivity contribution >= 4 is 34.6 Å². The van der Waals surface area contributed by atoms with Crippen LogP contribution in [0, 0.1) is 6.92 Å². The summed E-state index contributed by atoms with van der Waals surface area (Å²) in [5.74, 6) is 1.23. The van der Waals surface area contributed by atoms with E-state index in [2.05, 4.69) is 20.2 Å². The second-order valence-electron chi connectivity index (χ2n) is 6.27. The van der Waals surface area contributed by atoms with Crippen molar-refractivity contribution in [3.63, 3.8) is 0 Å². The molecule has 0 saturated carbocycles. The molecule has 0 aliphatic carbocycles. The number of rotatable bonds is 4. The van der Waals surface area contributed by atoms with E-state index in [4.69, 9.17) is 21.0 Å². The molecule has 0 unspecified atom stereocenters. The van der Waals surface area contributed by atoms with Gasteiger partial charge in [-0.15, -0.1) is 11.3 Å². The molecule has 26 heavy (non-hydrogen) atoms. The summed E-state index contributed by atoms with van der Waals surface area (Å²) < 4.78 is 5.69. The molecule has 138 valence electrons. The fourth-order valence-electron chi connectivity index (χ4n) is 3.06. The molecule has 1 amide bonds. The Kier molecular flexibility index (Phi) is 4.92. The molecular formula is C16H18ClN5O3S. The monoisotopic (exact) mass is 395 g/mol. The number of hydrogen-bond donors (Lipinski definition) is 0. The van der Waals surface area contributed by atoms with E-state index in [1.807, 2.05) is 17.0 Å². The molecule has 2 aliphatic rings. The number of oxime groups is 1. The van der Waals surface area contributed by atoms with Gasteiger partial charge in [-0.3, -0.25) is 9.69 Å². The summed E-state index contributed by atoms with van der Waals surface area (Å²) in [6, 6.07) is 3.73. The Morgan fingerprint density at radius 3 is 2.81 bits per heavy atom. The molecular weight excluding hydrogens is 378 g/mol. The van der Waals surface area contributed by atoms with Crippen LogP contribution >= 0.6 is 22.9 Å². The molecule has 10 heteroatoms. The van der Waals surface area contributed by atoms with Crippen LogP contribution in [0.25, 0.3) is 0 Å². The Morgan fingerprint density at radius 1 is 1.35 bits per heavy atom. The SMILES string of the molecule is Cc1nc(CN2CCN(C(=O)[C@H]3CC(c4ccc(Cl)s4)=NO3)CC2)no1. The smallest absolute Gasteiger partial charge is 0.266 e. The number of carbonyl (C=O) groups is 1. The van der Waals surface area contributed by atoms with Crippen LogP contribution in [0.1, 0.15) is 23.0 Å². The third kappa shape index (κ3) is 3.74. The van der Waals surface area contributed by atoms with Crippen LogP contribution in [0.3, 0.4) is 0 Å². The van der Waals surface area contributed by atoms with Crippen molar-refractivity contribution in [1.29, 1.82) is 0 Å². The van der Waals surface area contributed by atoms with Gasteiger partial charge in [-0.25, -0.2) is 0 Å². The molecule has 2 aliphatic heterocycles. The number of aryl methyl sites for hydroxylation is 1. The van der Waals surface area contributed by atoms with Gasteiger partial charge in [0, 0.05) is 39.5 Å². The maximum Gasteiger partial charge on any atom is 0.266 e. The van der Waals surface area contributed by atoms with Gasteiger partial charge in [-0.1, -0.05) is 21.9 Å². The van der Waals surface area contributed by atoms with Gasteiger partial charge >= 0.3 is 0 Å². The molecule has 1 atom stereocenters. The molecule has 0 bridgehead atoms. The van der Waals surface area contributed by atoms with E-state index in [0.717, 1.165) is 23.7 Å². The van der Waals surface area contributed by atoms with Gasteiger partial charge in [0.05, 0.1) is 15.8 Å². The predicted octanol–water partition coefficient (Wildman–Crippen LogP) is 1.93. The maximum atomic E-state index is 12.7. The standard InChI is InChI=1S/C16H18ClN5O3S/c1-10-18-15(20-24-10)9-21-4-6-22(7-5-21)16(23)12-8-11(19-25-12)13-2-3-14(17)26-13/h2-3,12H,4-9H2,1H3/t12-/m1/s1. The quantitative estimate of drug-likeness (QED) is 0.786. The summed E-state index contributed by atoms with van der Waals surface area (Å²) in [5, 5.41) is 7.99. The van der Waals surface area contributed by atoms with Gasteiger partial charge in [0.25, 0.3) is 5.91 Å². The number of hydrogen-bond acceptors (Lipinski definition) is 8. The molecule has 2 aromatic rings. The minimum Gasteiger partial charge on any atom is -0.382 e. The number of carbonyl (C=O) groups excluding carboxylic acids is 1. The summed E-state index contributed by atoms with van der Waals surface area (Å²) in [6.45, 7) is 5.23. The fourth-order valence-corrected chi connectivity index (χ4v) is 4.09. The highest BCUT2D eigenvalue weighted by atomic mass is 35.5. The highest BCUT2D eigenvalue weighted by Gasteiger charge is 2.34. The minimum atomic E-state index is -0.544. The Balaban J connectivity index is 1.28. The zero-order valence-electron chi connectivity index (χ0n) is 14.2. The molecule has 8 nitrogen and oxygen atoms in total. The Bertz CT molecular complexity index is 827. The van der Waals surface area contributed by atoms with Crippen LogP contribution in [0.4, 0.5) is 0 Å². The van der Waals surface area contributed by atoms with E-state index in [-0.39, 0.29) is 5.91 Å². The predicted molar refractivity (Wildman–Crippen MR) is 96.2 cm³/mol. The second kappa shape index (κ2) is 7.34. The number of aromatic nitrogens is 2. The van der Waals surface area contributed by atoms with E-state index in [9.17, 15) is 4.79 Å². The van der Waals surface area contributed by atoms with Gasteiger partial charge < -0.3 is 14.3 Å². The van der Waals surface area contributed by atoms with Crippen LogP contribution < -0.4 is 0 Å². The van der Waals surface area contributed by atoms with Crippen molar-refractivity contribution < 1.29 is 14.2 Å². The van der Waals surface area contributed by atoms with Crippen molar-refractivity contribution in [2.75, 3.05) is 26.2 Å². The molecule has 0 aromatic carbocycles. The molecule has 2 aromatic heterocycles. The molecule has 1 fully saturated rings. The first kappa shape index (κ1) is 17.4. The van der Waals surface area contributed by atoms with E-state index >= 15 is 0 Å². The van der Waals surface area contributed by atoms with E-state index < -0.39 is 6.10 Å². The van der Waals surface area contributed by atoms with Crippen molar-refractivity contribution in [1.82, 2.24) is 19.9 Å². The summed E-state index contributed by atoms with van der Waals surface area (Å²) in [7, 11) is 0. The molecule has 0 radical (unpaired) electrons. The van der Waals surface area contributed by atoms with Crippen molar-refractivity contribution in [2.24, 2.45) is 5.16 Å². The Morgan fingerprint density at radius 2 is 2.15 bits per heavy atom. The average Bonchev–Trinajstić information content (AvgIpc) is 3.36. The van der Waals surface area contributed by atoms with Crippen molar-refractivity contribution in [3.05, 3.63) is 33.1 Å². The lowest BCUT2D eigenvalue weighted by molar-refractivity contribution is -0.143. The topological polar surface area (TPSA) is 84.1 Å². The number of halogens is 1. The number of thiophene rings is 1. The summed E-state index contributed by atoms with van der Waals surface area (Å²) in [6.07, 6.45) is -0.0600. The van der Waals surface area contributed by atoms with Gasteiger partial charge in [0.15, 0.2) is 5.82 Å². The third-order valence-corrected chi connectivity index (χ3v) is 5.70. The first-order valence-corrected chi connectivity index (χ1v) is 9.56. The van der Waals surface area contributed by atoms with Crippen molar-refractivity contribution in [2.45, 2.75) is 26.0 Å². The highest BCUT2D eigenvalue weighted by Crippen LogP contribution is 2.27. The zero-order valence-corrected chi connectivity index (χ0v) is 15.8. The zero-order chi connectivity index (χ0) is 18.1. The highest BCUT2D eigenvalue weighted by molar-refractivity contribution is 7.18. The molecule has 1 saturated heterocycles. The number of piperazine rings is 1. The summed E-state index contributed by atoms with van der Waals surface area (Å²) in [5.41, 5.74) is 0.784. The lowest BCUT2D eigenvalue weighted by Crippen LogP contribution is -2.51. The molecule has 4 rings (SSSR count).